The average molecular weight is 343 g/mol. The molecular formula is C17H21N5O3. The minimum Gasteiger partial charge on any atom is -0.492 e. The van der Waals surface area contributed by atoms with E-state index in [1.807, 2.05) is 32.9 Å². The summed E-state index contributed by atoms with van der Waals surface area (Å²) >= 11 is 0. The third-order valence-electron chi connectivity index (χ3n) is 3.83. The van der Waals surface area contributed by atoms with E-state index in [9.17, 15) is 9.59 Å². The van der Waals surface area contributed by atoms with Gasteiger partial charge in [-0.1, -0.05) is 12.1 Å². The third-order valence-corrected chi connectivity index (χ3v) is 3.83. The van der Waals surface area contributed by atoms with Gasteiger partial charge in [0.25, 0.3) is 0 Å². The minimum absolute atomic E-state index is 0.0324. The van der Waals surface area contributed by atoms with E-state index in [1.165, 1.54) is 0 Å². The number of hydrogen-bond donors (Lipinski definition) is 3. The Kier molecular flexibility index (Phi) is 4.60. The number of hydrazine groups is 1. The molecule has 2 aliphatic heterocycles. The van der Waals surface area contributed by atoms with Crippen LogP contribution in [0.5, 0.6) is 5.75 Å². The lowest BCUT2D eigenvalue weighted by atomic mass is 10.1. The van der Waals surface area contributed by atoms with E-state index in [1.54, 1.807) is 17.1 Å². The number of nitrogens with one attached hydrogen (secondary N) is 3. The van der Waals surface area contributed by atoms with Crippen molar-refractivity contribution in [3.8, 4) is 5.75 Å². The van der Waals surface area contributed by atoms with E-state index in [4.69, 9.17) is 4.74 Å². The fourth-order valence-corrected chi connectivity index (χ4v) is 2.61. The van der Waals surface area contributed by atoms with E-state index in [0.717, 1.165) is 5.57 Å². The number of nitrogens with zero attached hydrogens (tertiary/aromatic N) is 2. The summed E-state index contributed by atoms with van der Waals surface area (Å²) in [7, 11) is 0. The van der Waals surface area contributed by atoms with E-state index < -0.39 is 6.04 Å². The number of benzene rings is 1. The number of carbonyl (C=O) groups is 2. The zero-order valence-electron chi connectivity index (χ0n) is 14.4. The second kappa shape index (κ2) is 6.84. The summed E-state index contributed by atoms with van der Waals surface area (Å²) in [6.07, 6.45) is 0.0324. The van der Waals surface area contributed by atoms with Gasteiger partial charge in [0.1, 0.15) is 17.6 Å². The van der Waals surface area contributed by atoms with Gasteiger partial charge in [0.2, 0.25) is 17.8 Å². The average Bonchev–Trinajstić information content (AvgIpc) is 3.00. The number of anilines is 1. The lowest BCUT2D eigenvalue weighted by Crippen LogP contribution is -2.61. The zero-order chi connectivity index (χ0) is 18.0. The summed E-state index contributed by atoms with van der Waals surface area (Å²) in [5.41, 5.74) is 4.60. The minimum atomic E-state index is -0.709. The van der Waals surface area contributed by atoms with Crippen molar-refractivity contribution in [2.45, 2.75) is 33.2 Å². The molecule has 0 saturated carbocycles. The standard InChI is InChI=1S/C17H21N5O3/c1-4-25-13-8-6-5-7-11(13)18-16(24)12-9-14(23)19-17-20-15(10(2)3)21-22(12)17/h5-8,12,21H,4,9H2,1-3H3,(H,18,24)(H,19,20,23). The van der Waals surface area contributed by atoms with Crippen molar-refractivity contribution in [3.05, 3.63) is 35.7 Å². The van der Waals surface area contributed by atoms with E-state index in [-0.39, 0.29) is 18.2 Å². The van der Waals surface area contributed by atoms with Crippen LogP contribution < -0.4 is 20.8 Å². The molecule has 8 nitrogen and oxygen atoms in total. The molecule has 1 unspecified atom stereocenters. The van der Waals surface area contributed by atoms with Crippen LogP contribution in [-0.4, -0.2) is 35.4 Å². The van der Waals surface area contributed by atoms with E-state index in [2.05, 4.69) is 21.1 Å². The highest BCUT2D eigenvalue weighted by Gasteiger charge is 2.39. The predicted octanol–water partition coefficient (Wildman–Crippen LogP) is 1.34. The van der Waals surface area contributed by atoms with Gasteiger partial charge in [-0.15, -0.1) is 0 Å². The molecule has 1 saturated heterocycles. The Labute approximate surface area is 145 Å². The van der Waals surface area contributed by atoms with E-state index in [0.29, 0.717) is 29.8 Å². The fourth-order valence-electron chi connectivity index (χ4n) is 2.61. The van der Waals surface area contributed by atoms with Gasteiger partial charge in [0.05, 0.1) is 18.7 Å². The third kappa shape index (κ3) is 3.42. The van der Waals surface area contributed by atoms with Crippen molar-refractivity contribution in [2.75, 3.05) is 11.9 Å². The van der Waals surface area contributed by atoms with Crippen LogP contribution in [0.2, 0.25) is 0 Å². The molecule has 25 heavy (non-hydrogen) atoms. The van der Waals surface area contributed by atoms with Crippen LogP contribution >= 0.6 is 0 Å². The van der Waals surface area contributed by atoms with Crippen molar-refractivity contribution in [1.82, 2.24) is 15.8 Å². The highest BCUT2D eigenvalue weighted by atomic mass is 16.5. The molecule has 0 spiro atoms. The van der Waals surface area contributed by atoms with Gasteiger partial charge in [-0.05, 0) is 38.5 Å². The lowest BCUT2D eigenvalue weighted by Gasteiger charge is -2.32. The van der Waals surface area contributed by atoms with Gasteiger partial charge in [0.15, 0.2) is 0 Å². The topological polar surface area (TPSA) is 95.1 Å². The maximum Gasteiger partial charge on any atom is 0.249 e. The lowest BCUT2D eigenvalue weighted by molar-refractivity contribution is -0.129. The molecular weight excluding hydrogens is 322 g/mol. The van der Waals surface area contributed by atoms with Crippen molar-refractivity contribution in [2.24, 2.45) is 4.99 Å². The summed E-state index contributed by atoms with van der Waals surface area (Å²) in [6.45, 7) is 6.18. The first-order valence-corrected chi connectivity index (χ1v) is 8.14. The quantitative estimate of drug-likeness (QED) is 0.767. The number of allylic oxidation sites excluding steroid dienone is 1. The molecule has 0 radical (unpaired) electrons. The monoisotopic (exact) mass is 343 g/mol. The Morgan fingerprint density at radius 1 is 1.40 bits per heavy atom. The Balaban J connectivity index is 1.81. The number of guanidine groups is 1. The number of carbonyl (C=O) groups excluding carboxylic acids is 2. The summed E-state index contributed by atoms with van der Waals surface area (Å²) in [6, 6.07) is 6.49. The second-order valence-electron chi connectivity index (χ2n) is 5.95. The van der Waals surface area contributed by atoms with Gasteiger partial charge in [-0.2, -0.15) is 4.99 Å². The molecule has 1 aromatic rings. The summed E-state index contributed by atoms with van der Waals surface area (Å²) in [5, 5.41) is 7.11. The number of aliphatic imine (C=N–C) groups is 1. The van der Waals surface area contributed by atoms with Crippen LogP contribution in [0, 0.1) is 0 Å². The number of rotatable bonds is 4. The maximum atomic E-state index is 12.8. The van der Waals surface area contributed by atoms with Gasteiger partial charge in [0, 0.05) is 0 Å². The van der Waals surface area contributed by atoms with Crippen molar-refractivity contribution in [3.63, 3.8) is 0 Å². The number of ether oxygens (including phenoxy) is 1. The molecule has 0 bridgehead atoms. The molecule has 1 fully saturated rings. The first kappa shape index (κ1) is 16.8. The van der Waals surface area contributed by atoms with Gasteiger partial charge in [-0.3, -0.25) is 20.3 Å². The smallest absolute Gasteiger partial charge is 0.249 e. The molecule has 0 aromatic heterocycles. The van der Waals surface area contributed by atoms with Crippen LogP contribution in [0.15, 0.2) is 40.7 Å². The Bertz CT molecular complexity index is 767. The molecule has 132 valence electrons. The first-order chi connectivity index (χ1) is 12.0. The molecule has 1 aromatic carbocycles. The van der Waals surface area contributed by atoms with Gasteiger partial charge >= 0.3 is 0 Å². The van der Waals surface area contributed by atoms with Crippen LogP contribution in [-0.2, 0) is 9.59 Å². The highest BCUT2D eigenvalue weighted by Crippen LogP contribution is 2.25. The first-order valence-electron chi connectivity index (χ1n) is 8.14. The number of para-hydroxylation sites is 2. The predicted molar refractivity (Wildman–Crippen MR) is 93.6 cm³/mol. The molecule has 3 rings (SSSR count). The summed E-state index contributed by atoms with van der Waals surface area (Å²) in [5.74, 6) is 1.00. The summed E-state index contributed by atoms with van der Waals surface area (Å²) in [4.78, 5) is 29.1. The van der Waals surface area contributed by atoms with Crippen molar-refractivity contribution in [1.29, 1.82) is 0 Å². The number of hydrogen-bond acceptors (Lipinski definition) is 6. The van der Waals surface area contributed by atoms with Crippen molar-refractivity contribution >= 4 is 23.5 Å². The largest absolute Gasteiger partial charge is 0.492 e. The Morgan fingerprint density at radius 2 is 2.16 bits per heavy atom. The molecule has 8 heteroatoms. The molecule has 1 atom stereocenters. The number of fused-ring (bicyclic) bond motifs is 1. The van der Waals surface area contributed by atoms with E-state index >= 15 is 0 Å². The molecule has 2 amide bonds. The van der Waals surface area contributed by atoms with Gasteiger partial charge < -0.3 is 10.1 Å². The van der Waals surface area contributed by atoms with Crippen LogP contribution in [0.25, 0.3) is 0 Å². The second-order valence-corrected chi connectivity index (χ2v) is 5.95. The normalized spacial score (nSPS) is 18.8. The molecule has 3 N–H and O–H groups in total. The molecule has 0 aliphatic carbocycles. The molecule has 2 heterocycles. The Morgan fingerprint density at radius 3 is 2.88 bits per heavy atom. The zero-order valence-corrected chi connectivity index (χ0v) is 14.4. The summed E-state index contributed by atoms with van der Waals surface area (Å²) < 4.78 is 5.53. The van der Waals surface area contributed by atoms with Crippen LogP contribution in [0.4, 0.5) is 5.69 Å². The number of amides is 2. The molecule has 2 aliphatic rings. The maximum absolute atomic E-state index is 12.8. The Hall–Kier alpha value is -3.03. The van der Waals surface area contributed by atoms with Crippen molar-refractivity contribution < 1.29 is 14.3 Å². The fraction of sp³-hybridized carbons (Fsp3) is 0.353. The SMILES string of the molecule is CCOc1ccccc1NC(=O)C1CC(=O)NC2=NC(=C(C)C)NN21. The van der Waals surface area contributed by atoms with Crippen LogP contribution in [0.3, 0.4) is 0 Å². The highest BCUT2D eigenvalue weighted by molar-refractivity contribution is 6.08. The van der Waals surface area contributed by atoms with Crippen LogP contribution in [0.1, 0.15) is 27.2 Å². The van der Waals surface area contributed by atoms with Gasteiger partial charge in [-0.25, -0.2) is 5.01 Å².